The summed E-state index contributed by atoms with van der Waals surface area (Å²) < 4.78 is 5.03. The van der Waals surface area contributed by atoms with Crippen LogP contribution in [0.2, 0.25) is 0 Å². The maximum atomic E-state index is 12.2. The van der Waals surface area contributed by atoms with E-state index in [1.807, 2.05) is 13.8 Å². The van der Waals surface area contributed by atoms with Crippen LogP contribution in [0.3, 0.4) is 0 Å². The van der Waals surface area contributed by atoms with Gasteiger partial charge in [-0.15, -0.1) is 0 Å². The van der Waals surface area contributed by atoms with Crippen molar-refractivity contribution in [1.82, 2.24) is 20.2 Å². The minimum Gasteiger partial charge on any atom is -0.450 e. The molecule has 144 valence electrons. The Balaban J connectivity index is 1.94. The maximum absolute atomic E-state index is 12.2. The van der Waals surface area contributed by atoms with Gasteiger partial charge >= 0.3 is 6.09 Å². The van der Waals surface area contributed by atoms with Gasteiger partial charge in [-0.1, -0.05) is 13.8 Å². The Morgan fingerprint density at radius 2 is 2.00 bits per heavy atom. The number of likely N-dealkylation sites (tertiary alicyclic amines) is 1. The number of aryl methyl sites for hydroxylation is 1. The number of rotatable bonds is 6. The number of hydrogen-bond acceptors (Lipinski definition) is 6. The normalized spacial score (nSPS) is 15.0. The lowest BCUT2D eigenvalue weighted by atomic mass is 10.1. The van der Waals surface area contributed by atoms with E-state index in [1.165, 1.54) is 0 Å². The molecule has 0 aromatic carbocycles. The Kier molecular flexibility index (Phi) is 7.17. The molecule has 1 aromatic rings. The predicted octanol–water partition coefficient (Wildman–Crippen LogP) is 2.20. The van der Waals surface area contributed by atoms with E-state index in [0.29, 0.717) is 49.5 Å². The minimum absolute atomic E-state index is 0.190. The number of ether oxygens (including phenoxy) is 1. The van der Waals surface area contributed by atoms with Crippen molar-refractivity contribution >= 4 is 17.8 Å². The number of carbonyl (C=O) groups excluding carboxylic acids is 2. The summed E-state index contributed by atoms with van der Waals surface area (Å²) in [5.74, 6) is 1.38. The van der Waals surface area contributed by atoms with Gasteiger partial charge in [0.05, 0.1) is 6.61 Å². The maximum Gasteiger partial charge on any atom is 0.409 e. The van der Waals surface area contributed by atoms with Gasteiger partial charge in [0.1, 0.15) is 17.3 Å². The van der Waals surface area contributed by atoms with E-state index in [9.17, 15) is 9.59 Å². The zero-order valence-electron chi connectivity index (χ0n) is 16.0. The van der Waals surface area contributed by atoms with Gasteiger partial charge in [0.2, 0.25) is 0 Å². The molecule has 1 fully saturated rings. The third-order valence-electron chi connectivity index (χ3n) is 4.11. The number of amides is 2. The molecule has 0 atom stereocenters. The highest BCUT2D eigenvalue weighted by molar-refractivity contribution is 5.92. The van der Waals surface area contributed by atoms with Gasteiger partial charge in [-0.2, -0.15) is 0 Å². The number of anilines is 1. The molecule has 1 saturated heterocycles. The van der Waals surface area contributed by atoms with E-state index in [2.05, 4.69) is 20.6 Å². The molecule has 2 rings (SSSR count). The van der Waals surface area contributed by atoms with Crippen LogP contribution in [0.4, 0.5) is 10.6 Å². The van der Waals surface area contributed by atoms with Crippen LogP contribution in [-0.2, 0) is 4.74 Å². The van der Waals surface area contributed by atoms with Crippen LogP contribution in [0.1, 0.15) is 49.9 Å². The van der Waals surface area contributed by atoms with Gasteiger partial charge in [0, 0.05) is 31.7 Å². The first-order valence-corrected chi connectivity index (χ1v) is 9.21. The summed E-state index contributed by atoms with van der Waals surface area (Å²) in [7, 11) is 0. The smallest absolute Gasteiger partial charge is 0.409 e. The number of carbonyl (C=O) groups is 2. The van der Waals surface area contributed by atoms with Crippen LogP contribution in [0, 0.1) is 12.8 Å². The van der Waals surface area contributed by atoms with E-state index in [1.54, 1.807) is 24.8 Å². The van der Waals surface area contributed by atoms with Gasteiger partial charge in [0.15, 0.2) is 0 Å². The molecule has 0 bridgehead atoms. The number of nitrogens with zero attached hydrogens (tertiary/aromatic N) is 3. The Bertz CT molecular complexity index is 627. The lowest BCUT2D eigenvalue weighted by Gasteiger charge is -2.31. The monoisotopic (exact) mass is 363 g/mol. The van der Waals surface area contributed by atoms with Crippen LogP contribution in [-0.4, -0.2) is 59.2 Å². The Hall–Kier alpha value is -2.38. The molecule has 2 N–H and O–H groups in total. The summed E-state index contributed by atoms with van der Waals surface area (Å²) in [6.45, 7) is 9.94. The average molecular weight is 363 g/mol. The lowest BCUT2D eigenvalue weighted by molar-refractivity contribution is 0.0941. The molecule has 8 heteroatoms. The van der Waals surface area contributed by atoms with Crippen molar-refractivity contribution in [1.29, 1.82) is 0 Å². The van der Waals surface area contributed by atoms with Crippen LogP contribution in [0.25, 0.3) is 0 Å². The van der Waals surface area contributed by atoms with E-state index in [-0.39, 0.29) is 18.0 Å². The van der Waals surface area contributed by atoms with Gasteiger partial charge < -0.3 is 20.3 Å². The fraction of sp³-hybridized carbons (Fsp3) is 0.667. The van der Waals surface area contributed by atoms with Crippen molar-refractivity contribution in [2.45, 2.75) is 46.6 Å². The molecule has 0 aliphatic carbocycles. The van der Waals surface area contributed by atoms with Crippen molar-refractivity contribution in [3.63, 3.8) is 0 Å². The molecule has 0 radical (unpaired) electrons. The minimum atomic E-state index is -0.257. The SMILES string of the molecule is CCOC(=O)N1CCC(Nc2cc(C(=O)NCC(C)C)nc(C)n2)CC1. The summed E-state index contributed by atoms with van der Waals surface area (Å²) in [6.07, 6.45) is 1.35. The molecule has 0 unspecified atom stereocenters. The summed E-state index contributed by atoms with van der Waals surface area (Å²) in [6, 6.07) is 1.88. The molecular formula is C18H29N5O3. The van der Waals surface area contributed by atoms with Crippen molar-refractivity contribution in [3.8, 4) is 0 Å². The second-order valence-electron chi connectivity index (χ2n) is 6.89. The molecule has 2 amide bonds. The van der Waals surface area contributed by atoms with Crippen LogP contribution >= 0.6 is 0 Å². The first-order chi connectivity index (χ1) is 12.4. The largest absolute Gasteiger partial charge is 0.450 e. The summed E-state index contributed by atoms with van der Waals surface area (Å²) in [4.78, 5) is 34.3. The summed E-state index contributed by atoms with van der Waals surface area (Å²) >= 11 is 0. The molecule has 0 saturated carbocycles. The van der Waals surface area contributed by atoms with Gasteiger partial charge in [-0.05, 0) is 32.6 Å². The first-order valence-electron chi connectivity index (χ1n) is 9.21. The average Bonchev–Trinajstić information content (AvgIpc) is 2.60. The number of hydrogen-bond donors (Lipinski definition) is 2. The van der Waals surface area contributed by atoms with Crippen molar-refractivity contribution in [2.75, 3.05) is 31.6 Å². The van der Waals surface area contributed by atoms with Crippen molar-refractivity contribution < 1.29 is 14.3 Å². The second-order valence-corrected chi connectivity index (χ2v) is 6.89. The molecule has 2 heterocycles. The highest BCUT2D eigenvalue weighted by Crippen LogP contribution is 2.17. The van der Waals surface area contributed by atoms with Gasteiger partial charge in [0.25, 0.3) is 5.91 Å². The molecule has 0 spiro atoms. The lowest BCUT2D eigenvalue weighted by Crippen LogP contribution is -2.42. The number of nitrogens with one attached hydrogen (secondary N) is 2. The van der Waals surface area contributed by atoms with Crippen LogP contribution in [0.5, 0.6) is 0 Å². The standard InChI is InChI=1S/C18H29N5O3/c1-5-26-18(25)23-8-6-14(7-9-23)22-16-10-15(20-13(4)21-16)17(24)19-11-12(2)3/h10,12,14H,5-9,11H2,1-4H3,(H,19,24)(H,20,21,22). The number of piperidine rings is 1. The fourth-order valence-electron chi connectivity index (χ4n) is 2.78. The van der Waals surface area contributed by atoms with E-state index >= 15 is 0 Å². The van der Waals surface area contributed by atoms with E-state index in [0.717, 1.165) is 12.8 Å². The second kappa shape index (κ2) is 9.35. The molecule has 26 heavy (non-hydrogen) atoms. The highest BCUT2D eigenvalue weighted by Gasteiger charge is 2.24. The van der Waals surface area contributed by atoms with E-state index < -0.39 is 0 Å². The zero-order chi connectivity index (χ0) is 19.1. The van der Waals surface area contributed by atoms with Crippen LogP contribution in [0.15, 0.2) is 6.07 Å². The molecule has 1 aliphatic heterocycles. The van der Waals surface area contributed by atoms with Gasteiger partial charge in [-0.3, -0.25) is 4.79 Å². The predicted molar refractivity (Wildman–Crippen MR) is 99.2 cm³/mol. The molecular weight excluding hydrogens is 334 g/mol. The van der Waals surface area contributed by atoms with Crippen molar-refractivity contribution in [2.24, 2.45) is 5.92 Å². The van der Waals surface area contributed by atoms with Crippen molar-refractivity contribution in [3.05, 3.63) is 17.6 Å². The molecule has 1 aliphatic rings. The van der Waals surface area contributed by atoms with E-state index in [4.69, 9.17) is 4.74 Å². The zero-order valence-corrected chi connectivity index (χ0v) is 16.0. The quantitative estimate of drug-likeness (QED) is 0.804. The first kappa shape index (κ1) is 19.9. The third-order valence-corrected chi connectivity index (χ3v) is 4.11. The number of aromatic nitrogens is 2. The molecule has 8 nitrogen and oxygen atoms in total. The third kappa shape index (κ3) is 5.86. The van der Waals surface area contributed by atoms with Crippen LogP contribution < -0.4 is 10.6 Å². The Labute approximate surface area is 154 Å². The fourth-order valence-corrected chi connectivity index (χ4v) is 2.78. The van der Waals surface area contributed by atoms with Gasteiger partial charge in [-0.25, -0.2) is 14.8 Å². The summed E-state index contributed by atoms with van der Waals surface area (Å²) in [5, 5.41) is 6.24. The molecule has 1 aromatic heterocycles. The highest BCUT2D eigenvalue weighted by atomic mass is 16.6. The topological polar surface area (TPSA) is 96.5 Å². The Morgan fingerprint density at radius 1 is 1.31 bits per heavy atom. The Morgan fingerprint density at radius 3 is 2.62 bits per heavy atom. The summed E-state index contributed by atoms with van der Waals surface area (Å²) in [5.41, 5.74) is 0.365.